The van der Waals surface area contributed by atoms with Crippen molar-refractivity contribution in [3.8, 4) is 0 Å². The molecule has 0 aromatic heterocycles. The lowest BCUT2D eigenvalue weighted by Crippen LogP contribution is -2.47. The van der Waals surface area contributed by atoms with Crippen molar-refractivity contribution in [2.45, 2.75) is 57.2 Å². The van der Waals surface area contributed by atoms with Gasteiger partial charge in [0.05, 0.1) is 0 Å². The number of hydrogen-bond acceptors (Lipinski definition) is 3. The molecule has 136 valence electrons. The fourth-order valence-corrected chi connectivity index (χ4v) is 5.06. The van der Waals surface area contributed by atoms with Gasteiger partial charge in [0.25, 0.3) is 0 Å². The second kappa shape index (κ2) is 7.88. The third-order valence-electron chi connectivity index (χ3n) is 6.33. The molecular formula is C21H31N3O. The number of carbonyl (C=O) groups excluding carboxylic acids is 1. The Hall–Kier alpha value is -1.39. The van der Waals surface area contributed by atoms with Crippen LogP contribution in [0, 0.1) is 0 Å². The third kappa shape index (κ3) is 3.90. The molecule has 25 heavy (non-hydrogen) atoms. The molecule has 0 radical (unpaired) electrons. The van der Waals surface area contributed by atoms with Crippen LogP contribution in [0.15, 0.2) is 30.3 Å². The van der Waals surface area contributed by atoms with Gasteiger partial charge in [0, 0.05) is 44.7 Å². The van der Waals surface area contributed by atoms with Crippen molar-refractivity contribution >= 4 is 5.91 Å². The minimum absolute atomic E-state index is 0.363. The molecule has 4 rings (SSSR count). The van der Waals surface area contributed by atoms with E-state index in [9.17, 15) is 4.79 Å². The molecule has 2 atom stereocenters. The Morgan fingerprint density at radius 2 is 1.56 bits per heavy atom. The normalized spacial score (nSPS) is 28.3. The highest BCUT2D eigenvalue weighted by Gasteiger charge is 2.37. The largest absolute Gasteiger partial charge is 0.341 e. The van der Waals surface area contributed by atoms with Gasteiger partial charge in [-0.15, -0.1) is 0 Å². The first-order valence-electron chi connectivity index (χ1n) is 10.1. The summed E-state index contributed by atoms with van der Waals surface area (Å²) in [5.74, 6) is 0.363. The van der Waals surface area contributed by atoms with Gasteiger partial charge in [-0.05, 0) is 50.8 Å². The number of benzene rings is 1. The molecule has 1 amide bonds. The van der Waals surface area contributed by atoms with Gasteiger partial charge in [-0.25, -0.2) is 0 Å². The van der Waals surface area contributed by atoms with Crippen LogP contribution < -0.4 is 0 Å². The zero-order chi connectivity index (χ0) is 17.1. The summed E-state index contributed by atoms with van der Waals surface area (Å²) in [6.45, 7) is 6.49. The van der Waals surface area contributed by atoms with Crippen LogP contribution in [0.3, 0.4) is 0 Å². The van der Waals surface area contributed by atoms with E-state index in [2.05, 4.69) is 45.0 Å². The van der Waals surface area contributed by atoms with Crippen LogP contribution in [0.5, 0.6) is 0 Å². The first-order chi connectivity index (χ1) is 12.3. The van der Waals surface area contributed by atoms with Gasteiger partial charge < -0.3 is 4.90 Å². The summed E-state index contributed by atoms with van der Waals surface area (Å²) < 4.78 is 0. The molecule has 3 aliphatic heterocycles. The zero-order valence-corrected chi connectivity index (χ0v) is 15.3. The van der Waals surface area contributed by atoms with Crippen LogP contribution in [0.4, 0.5) is 0 Å². The maximum Gasteiger partial charge on any atom is 0.222 e. The Kier molecular flexibility index (Phi) is 5.37. The van der Waals surface area contributed by atoms with E-state index in [0.717, 1.165) is 39.0 Å². The summed E-state index contributed by atoms with van der Waals surface area (Å²) in [6.07, 6.45) is 7.11. The summed E-state index contributed by atoms with van der Waals surface area (Å²) in [4.78, 5) is 19.3. The average molecular weight is 341 g/mol. The van der Waals surface area contributed by atoms with Gasteiger partial charge in [-0.2, -0.15) is 0 Å². The summed E-state index contributed by atoms with van der Waals surface area (Å²) in [5.41, 5.74) is 1.43. The van der Waals surface area contributed by atoms with Crippen molar-refractivity contribution in [2.75, 3.05) is 32.7 Å². The molecule has 1 aromatic carbocycles. The molecule has 4 heteroatoms. The van der Waals surface area contributed by atoms with E-state index < -0.39 is 0 Å². The summed E-state index contributed by atoms with van der Waals surface area (Å²) in [6, 6.07) is 12.3. The van der Waals surface area contributed by atoms with Crippen LogP contribution in [-0.2, 0) is 11.3 Å². The van der Waals surface area contributed by atoms with Crippen molar-refractivity contribution in [1.29, 1.82) is 0 Å². The van der Waals surface area contributed by atoms with E-state index in [0.29, 0.717) is 18.0 Å². The monoisotopic (exact) mass is 341 g/mol. The molecule has 2 unspecified atom stereocenters. The first kappa shape index (κ1) is 17.0. The fourth-order valence-electron chi connectivity index (χ4n) is 5.06. The Bertz CT molecular complexity index is 576. The van der Waals surface area contributed by atoms with E-state index in [-0.39, 0.29) is 0 Å². The van der Waals surface area contributed by atoms with E-state index in [1.54, 1.807) is 0 Å². The summed E-state index contributed by atoms with van der Waals surface area (Å²) in [7, 11) is 0. The van der Waals surface area contributed by atoms with Crippen LogP contribution in [-0.4, -0.2) is 65.4 Å². The Morgan fingerprint density at radius 3 is 2.28 bits per heavy atom. The van der Waals surface area contributed by atoms with E-state index >= 15 is 0 Å². The topological polar surface area (TPSA) is 26.8 Å². The molecule has 0 N–H and O–H groups in total. The molecule has 4 nitrogen and oxygen atoms in total. The maximum atomic E-state index is 11.9. The second-order valence-electron chi connectivity index (χ2n) is 7.90. The van der Waals surface area contributed by atoms with Gasteiger partial charge in [0.1, 0.15) is 0 Å². The van der Waals surface area contributed by atoms with Crippen molar-refractivity contribution < 1.29 is 4.79 Å². The minimum atomic E-state index is 0.363. The third-order valence-corrected chi connectivity index (χ3v) is 6.33. The average Bonchev–Trinajstić information content (AvgIpc) is 3.35. The highest BCUT2D eigenvalue weighted by molar-refractivity contribution is 5.78. The van der Waals surface area contributed by atoms with E-state index in [1.807, 2.05) is 0 Å². The second-order valence-corrected chi connectivity index (χ2v) is 7.90. The van der Waals surface area contributed by atoms with Crippen LogP contribution in [0.1, 0.15) is 44.1 Å². The Labute approximate surface area is 151 Å². The smallest absolute Gasteiger partial charge is 0.222 e. The van der Waals surface area contributed by atoms with Crippen molar-refractivity contribution in [2.24, 2.45) is 0 Å². The molecule has 0 spiro atoms. The van der Waals surface area contributed by atoms with Crippen molar-refractivity contribution in [3.63, 3.8) is 0 Å². The molecular weight excluding hydrogens is 310 g/mol. The van der Waals surface area contributed by atoms with Crippen LogP contribution >= 0.6 is 0 Å². The van der Waals surface area contributed by atoms with E-state index in [4.69, 9.17) is 0 Å². The van der Waals surface area contributed by atoms with Crippen LogP contribution in [0.25, 0.3) is 0 Å². The van der Waals surface area contributed by atoms with Gasteiger partial charge in [-0.3, -0.25) is 14.6 Å². The lowest BCUT2D eigenvalue weighted by atomic mass is 10.0. The molecule has 1 aromatic rings. The molecule has 3 saturated heterocycles. The fraction of sp³-hybridized carbons (Fsp3) is 0.667. The van der Waals surface area contributed by atoms with Gasteiger partial charge in [-0.1, -0.05) is 30.3 Å². The van der Waals surface area contributed by atoms with Gasteiger partial charge in [0.15, 0.2) is 0 Å². The lowest BCUT2D eigenvalue weighted by molar-refractivity contribution is -0.127. The molecule has 3 heterocycles. The number of amides is 1. The number of hydrogen-bond donors (Lipinski definition) is 0. The van der Waals surface area contributed by atoms with Crippen molar-refractivity contribution in [1.82, 2.24) is 14.7 Å². The number of likely N-dealkylation sites (tertiary alicyclic amines) is 3. The quantitative estimate of drug-likeness (QED) is 0.796. The van der Waals surface area contributed by atoms with Crippen molar-refractivity contribution in [3.05, 3.63) is 35.9 Å². The highest BCUT2D eigenvalue weighted by atomic mass is 16.2. The summed E-state index contributed by atoms with van der Waals surface area (Å²) >= 11 is 0. The van der Waals surface area contributed by atoms with Crippen LogP contribution in [0.2, 0.25) is 0 Å². The zero-order valence-electron chi connectivity index (χ0n) is 15.3. The molecule has 3 fully saturated rings. The lowest BCUT2D eigenvalue weighted by Gasteiger charge is -2.35. The number of carbonyl (C=O) groups is 1. The standard InChI is InChI=1S/C21H31N3O/c25-21-11-6-13-23(21)16-15-22-12-4-9-19(22)20-10-5-14-24(20)17-18-7-2-1-3-8-18/h1-3,7-8,19-20H,4-6,9-17H2. The first-order valence-corrected chi connectivity index (χ1v) is 10.1. The summed E-state index contributed by atoms with van der Waals surface area (Å²) in [5, 5.41) is 0. The highest BCUT2D eigenvalue weighted by Crippen LogP contribution is 2.31. The molecule has 0 bridgehead atoms. The number of rotatable bonds is 6. The predicted octanol–water partition coefficient (Wildman–Crippen LogP) is 2.74. The molecule has 0 aliphatic carbocycles. The van der Waals surface area contributed by atoms with E-state index in [1.165, 1.54) is 44.3 Å². The predicted molar refractivity (Wildman–Crippen MR) is 100 cm³/mol. The maximum absolute atomic E-state index is 11.9. The SMILES string of the molecule is O=C1CCCN1CCN1CCCC1C1CCCN1Cc1ccccc1. The Morgan fingerprint density at radius 1 is 0.840 bits per heavy atom. The number of nitrogens with zero attached hydrogens (tertiary/aromatic N) is 3. The van der Waals surface area contributed by atoms with Gasteiger partial charge in [0.2, 0.25) is 5.91 Å². The molecule has 3 aliphatic rings. The minimum Gasteiger partial charge on any atom is -0.341 e. The van der Waals surface area contributed by atoms with Gasteiger partial charge >= 0.3 is 0 Å². The molecule has 0 saturated carbocycles. The Balaban J connectivity index is 1.36.